The third kappa shape index (κ3) is 2.16. The SMILES string of the molecule is N#CCC(=O)NN=C1CCCc2c1[nH]c1ccccc21. The molecule has 0 unspecified atom stereocenters. The van der Waals surface area contributed by atoms with Crippen LogP contribution in [0.5, 0.6) is 0 Å². The molecule has 0 bridgehead atoms. The maximum absolute atomic E-state index is 11.3. The van der Waals surface area contributed by atoms with Gasteiger partial charge < -0.3 is 4.98 Å². The molecule has 1 heterocycles. The van der Waals surface area contributed by atoms with Gasteiger partial charge in [-0.25, -0.2) is 5.43 Å². The number of carbonyl (C=O) groups excluding carboxylic acids is 1. The molecule has 1 aromatic heterocycles. The molecule has 0 fully saturated rings. The Hall–Kier alpha value is -2.61. The fourth-order valence-corrected chi connectivity index (χ4v) is 2.62. The first-order chi connectivity index (χ1) is 9.79. The Morgan fingerprint density at radius 1 is 1.40 bits per heavy atom. The van der Waals surface area contributed by atoms with Gasteiger partial charge in [-0.1, -0.05) is 18.2 Å². The lowest BCUT2D eigenvalue weighted by atomic mass is 9.94. The van der Waals surface area contributed by atoms with Gasteiger partial charge in [-0.2, -0.15) is 10.4 Å². The molecule has 0 spiro atoms. The zero-order valence-electron chi connectivity index (χ0n) is 10.9. The van der Waals surface area contributed by atoms with Crippen LogP contribution in [0.4, 0.5) is 0 Å². The van der Waals surface area contributed by atoms with Crippen molar-refractivity contribution in [2.45, 2.75) is 25.7 Å². The van der Waals surface area contributed by atoms with Gasteiger partial charge in [-0.05, 0) is 30.9 Å². The number of aryl methyl sites for hydroxylation is 1. The number of aromatic amines is 1. The summed E-state index contributed by atoms with van der Waals surface area (Å²) in [6.07, 6.45) is 2.69. The van der Waals surface area contributed by atoms with E-state index >= 15 is 0 Å². The number of nitrogens with zero attached hydrogens (tertiary/aromatic N) is 2. The summed E-state index contributed by atoms with van der Waals surface area (Å²) in [6, 6.07) is 9.97. The Morgan fingerprint density at radius 3 is 3.10 bits per heavy atom. The summed E-state index contributed by atoms with van der Waals surface area (Å²) in [4.78, 5) is 14.7. The van der Waals surface area contributed by atoms with E-state index < -0.39 is 0 Å². The number of fused-ring (bicyclic) bond motifs is 3. The summed E-state index contributed by atoms with van der Waals surface area (Å²) < 4.78 is 0. The summed E-state index contributed by atoms with van der Waals surface area (Å²) in [7, 11) is 0. The number of hydrazone groups is 1. The summed E-state index contributed by atoms with van der Waals surface area (Å²) in [5.74, 6) is -0.372. The van der Waals surface area contributed by atoms with Gasteiger partial charge in [-0.15, -0.1) is 0 Å². The average molecular weight is 266 g/mol. The molecule has 1 aliphatic rings. The minimum absolute atomic E-state index is 0.170. The van der Waals surface area contributed by atoms with Crippen molar-refractivity contribution in [1.29, 1.82) is 5.26 Å². The van der Waals surface area contributed by atoms with Crippen molar-refractivity contribution in [1.82, 2.24) is 10.4 Å². The smallest absolute Gasteiger partial charge is 0.254 e. The highest BCUT2D eigenvalue weighted by Crippen LogP contribution is 2.29. The third-order valence-electron chi connectivity index (χ3n) is 3.50. The lowest BCUT2D eigenvalue weighted by molar-refractivity contribution is -0.120. The quantitative estimate of drug-likeness (QED) is 0.817. The Bertz CT molecular complexity index is 736. The molecule has 3 rings (SSSR count). The Balaban J connectivity index is 1.96. The minimum atomic E-state index is -0.372. The number of hydrogen-bond donors (Lipinski definition) is 2. The second-order valence-electron chi connectivity index (χ2n) is 4.81. The van der Waals surface area contributed by atoms with Crippen molar-refractivity contribution in [3.63, 3.8) is 0 Å². The van der Waals surface area contributed by atoms with Gasteiger partial charge >= 0.3 is 0 Å². The van der Waals surface area contributed by atoms with Gasteiger partial charge in [0.05, 0.1) is 17.5 Å². The number of aromatic nitrogens is 1. The summed E-state index contributed by atoms with van der Waals surface area (Å²) in [6.45, 7) is 0. The van der Waals surface area contributed by atoms with E-state index in [9.17, 15) is 4.79 Å². The van der Waals surface area contributed by atoms with E-state index in [1.54, 1.807) is 6.07 Å². The van der Waals surface area contributed by atoms with Crippen molar-refractivity contribution in [2.24, 2.45) is 5.10 Å². The van der Waals surface area contributed by atoms with E-state index in [1.807, 2.05) is 18.2 Å². The molecule has 0 aliphatic heterocycles. The molecular weight excluding hydrogens is 252 g/mol. The molecule has 1 aromatic carbocycles. The number of amides is 1. The van der Waals surface area contributed by atoms with Crippen LogP contribution >= 0.6 is 0 Å². The first-order valence-electron chi connectivity index (χ1n) is 6.62. The molecule has 0 radical (unpaired) electrons. The lowest BCUT2D eigenvalue weighted by Gasteiger charge is -2.13. The van der Waals surface area contributed by atoms with Gasteiger partial charge in [-0.3, -0.25) is 4.79 Å². The molecule has 2 aromatic rings. The fourth-order valence-electron chi connectivity index (χ4n) is 2.62. The molecule has 20 heavy (non-hydrogen) atoms. The van der Waals surface area contributed by atoms with Gasteiger partial charge in [0.25, 0.3) is 5.91 Å². The second kappa shape index (κ2) is 5.17. The van der Waals surface area contributed by atoms with E-state index in [-0.39, 0.29) is 12.3 Å². The molecule has 100 valence electrons. The van der Waals surface area contributed by atoms with E-state index in [4.69, 9.17) is 5.26 Å². The number of carbonyl (C=O) groups is 1. The number of nitrogens with one attached hydrogen (secondary N) is 2. The van der Waals surface area contributed by atoms with E-state index in [1.165, 1.54) is 10.9 Å². The largest absolute Gasteiger partial charge is 0.353 e. The normalized spacial score (nSPS) is 15.8. The van der Waals surface area contributed by atoms with Gasteiger partial charge in [0, 0.05) is 10.9 Å². The number of hydrogen-bond acceptors (Lipinski definition) is 3. The highest BCUT2D eigenvalue weighted by molar-refractivity contribution is 6.06. The number of para-hydroxylation sites is 1. The second-order valence-corrected chi connectivity index (χ2v) is 4.81. The standard InChI is InChI=1S/C15H14N4O/c16-9-8-14(20)19-18-13-7-3-5-11-10-4-1-2-6-12(10)17-15(11)13/h1-2,4,6,17H,3,5,7-8H2,(H,19,20). The fraction of sp³-hybridized carbons (Fsp3) is 0.267. The van der Waals surface area contributed by atoms with Gasteiger partial charge in [0.2, 0.25) is 0 Å². The Kier molecular flexibility index (Phi) is 3.21. The number of nitriles is 1. The highest BCUT2D eigenvalue weighted by atomic mass is 16.2. The van der Waals surface area contributed by atoms with Crippen molar-refractivity contribution in [3.05, 3.63) is 35.5 Å². The Labute approximate surface area is 116 Å². The zero-order chi connectivity index (χ0) is 13.9. The predicted molar refractivity (Wildman–Crippen MR) is 76.1 cm³/mol. The number of benzene rings is 1. The summed E-state index contributed by atoms with van der Waals surface area (Å²) >= 11 is 0. The maximum Gasteiger partial charge on any atom is 0.254 e. The lowest BCUT2D eigenvalue weighted by Crippen LogP contribution is -2.21. The summed E-state index contributed by atoms with van der Waals surface area (Å²) in [5, 5.41) is 13.9. The van der Waals surface area contributed by atoms with Gasteiger partial charge in [0.15, 0.2) is 0 Å². The van der Waals surface area contributed by atoms with Crippen LogP contribution in [0.3, 0.4) is 0 Å². The monoisotopic (exact) mass is 266 g/mol. The maximum atomic E-state index is 11.3. The van der Waals surface area contributed by atoms with Crippen molar-refractivity contribution in [3.8, 4) is 6.07 Å². The molecule has 0 saturated heterocycles. The average Bonchev–Trinajstić information content (AvgIpc) is 2.84. The van der Waals surface area contributed by atoms with Crippen molar-refractivity contribution < 1.29 is 4.79 Å². The van der Waals surface area contributed by atoms with Crippen LogP contribution in [-0.4, -0.2) is 16.6 Å². The van der Waals surface area contributed by atoms with Crippen LogP contribution in [0, 0.1) is 11.3 Å². The van der Waals surface area contributed by atoms with Crippen molar-refractivity contribution >= 4 is 22.5 Å². The molecule has 5 heteroatoms. The molecule has 1 aliphatic carbocycles. The van der Waals surface area contributed by atoms with Crippen LogP contribution in [0.15, 0.2) is 29.4 Å². The van der Waals surface area contributed by atoms with E-state index in [2.05, 4.69) is 21.6 Å². The highest BCUT2D eigenvalue weighted by Gasteiger charge is 2.20. The first kappa shape index (κ1) is 12.4. The van der Waals surface area contributed by atoms with E-state index in [0.29, 0.717) is 0 Å². The third-order valence-corrected chi connectivity index (χ3v) is 3.50. The van der Waals surface area contributed by atoms with Crippen LogP contribution in [-0.2, 0) is 11.2 Å². The van der Waals surface area contributed by atoms with E-state index in [0.717, 1.165) is 36.2 Å². The molecule has 0 saturated carbocycles. The van der Waals surface area contributed by atoms with Crippen LogP contribution in [0.25, 0.3) is 10.9 Å². The Morgan fingerprint density at radius 2 is 2.25 bits per heavy atom. The zero-order valence-corrected chi connectivity index (χ0v) is 10.9. The number of rotatable bonds is 2. The number of H-pyrrole nitrogens is 1. The topological polar surface area (TPSA) is 81.0 Å². The molecule has 5 nitrogen and oxygen atoms in total. The molecular formula is C15H14N4O. The summed E-state index contributed by atoms with van der Waals surface area (Å²) in [5.41, 5.74) is 6.67. The van der Waals surface area contributed by atoms with Crippen LogP contribution in [0.1, 0.15) is 30.5 Å². The van der Waals surface area contributed by atoms with Gasteiger partial charge in [0.1, 0.15) is 6.42 Å². The molecule has 0 atom stereocenters. The van der Waals surface area contributed by atoms with Crippen molar-refractivity contribution in [2.75, 3.05) is 0 Å². The minimum Gasteiger partial charge on any atom is -0.353 e. The predicted octanol–water partition coefficient (Wildman–Crippen LogP) is 2.24. The molecule has 1 amide bonds. The van der Waals surface area contributed by atoms with Crippen LogP contribution in [0.2, 0.25) is 0 Å². The first-order valence-corrected chi connectivity index (χ1v) is 6.62. The molecule has 2 N–H and O–H groups in total. The van der Waals surface area contributed by atoms with Crippen LogP contribution < -0.4 is 5.43 Å².